The first-order chi connectivity index (χ1) is 13.9. The zero-order valence-electron chi connectivity index (χ0n) is 15.5. The molecule has 0 aromatic heterocycles. The maximum Gasteiger partial charge on any atom is 0.262 e. The van der Waals surface area contributed by atoms with Crippen LogP contribution >= 0.6 is 23.2 Å². The molecule has 0 aliphatic rings. The zero-order valence-corrected chi connectivity index (χ0v) is 17.0. The van der Waals surface area contributed by atoms with Gasteiger partial charge in [0.2, 0.25) is 11.8 Å². The van der Waals surface area contributed by atoms with Crippen LogP contribution in [0.1, 0.15) is 18.4 Å². The van der Waals surface area contributed by atoms with Crippen LogP contribution in [-0.4, -0.2) is 24.8 Å². The van der Waals surface area contributed by atoms with Crippen molar-refractivity contribution in [2.24, 2.45) is 0 Å². The molecule has 0 bridgehead atoms. The Morgan fingerprint density at radius 3 is 2.45 bits per heavy atom. The van der Waals surface area contributed by atoms with Gasteiger partial charge >= 0.3 is 0 Å². The van der Waals surface area contributed by atoms with Crippen molar-refractivity contribution in [1.29, 1.82) is 0 Å². The molecule has 3 N–H and O–H groups in total. The van der Waals surface area contributed by atoms with E-state index in [0.29, 0.717) is 27.0 Å². The topological polar surface area (TPSA) is 96.5 Å². The van der Waals surface area contributed by atoms with Gasteiger partial charge < -0.3 is 10.1 Å². The molecule has 29 heavy (non-hydrogen) atoms. The Morgan fingerprint density at radius 1 is 1.00 bits per heavy atom. The molecule has 0 saturated heterocycles. The number of ether oxygens (including phenoxy) is 1. The van der Waals surface area contributed by atoms with Gasteiger partial charge in [-0.05, 0) is 30.3 Å². The number of carbonyl (C=O) groups excluding carboxylic acids is 3. The van der Waals surface area contributed by atoms with E-state index in [1.165, 1.54) is 19.3 Å². The van der Waals surface area contributed by atoms with Crippen molar-refractivity contribution >= 4 is 52.7 Å². The first kappa shape index (κ1) is 22.3. The number of rotatable bonds is 7. The second kappa shape index (κ2) is 11.1. The van der Waals surface area contributed by atoms with Crippen LogP contribution in [0.25, 0.3) is 6.08 Å². The van der Waals surface area contributed by atoms with Crippen LogP contribution in [0.15, 0.2) is 48.5 Å². The molecular formula is C20H19Cl2N3O4. The average Bonchev–Trinajstić information content (AvgIpc) is 2.71. The lowest BCUT2D eigenvalue weighted by atomic mass is 10.2. The summed E-state index contributed by atoms with van der Waals surface area (Å²) in [6, 6.07) is 11.8. The van der Waals surface area contributed by atoms with E-state index in [4.69, 9.17) is 27.9 Å². The molecule has 2 aromatic rings. The van der Waals surface area contributed by atoms with E-state index in [9.17, 15) is 14.4 Å². The molecule has 0 heterocycles. The summed E-state index contributed by atoms with van der Waals surface area (Å²) in [5.74, 6) is -0.817. The Morgan fingerprint density at radius 2 is 1.72 bits per heavy atom. The van der Waals surface area contributed by atoms with E-state index in [1.54, 1.807) is 30.3 Å². The van der Waals surface area contributed by atoms with E-state index < -0.39 is 17.7 Å². The average molecular weight is 436 g/mol. The second-order valence-electron chi connectivity index (χ2n) is 5.79. The lowest BCUT2D eigenvalue weighted by Crippen LogP contribution is -2.41. The van der Waals surface area contributed by atoms with Gasteiger partial charge in [0.1, 0.15) is 5.75 Å². The molecule has 7 nitrogen and oxygen atoms in total. The Kier molecular flexibility index (Phi) is 8.51. The van der Waals surface area contributed by atoms with Crippen LogP contribution in [-0.2, 0) is 14.4 Å². The van der Waals surface area contributed by atoms with Gasteiger partial charge in [-0.25, -0.2) is 0 Å². The highest BCUT2D eigenvalue weighted by molar-refractivity contribution is 6.36. The van der Waals surface area contributed by atoms with Crippen molar-refractivity contribution in [1.82, 2.24) is 10.9 Å². The fourth-order valence-electron chi connectivity index (χ4n) is 2.24. The van der Waals surface area contributed by atoms with E-state index >= 15 is 0 Å². The molecule has 0 aliphatic carbocycles. The molecular weight excluding hydrogens is 417 g/mol. The van der Waals surface area contributed by atoms with Crippen LogP contribution in [0.2, 0.25) is 10.0 Å². The largest absolute Gasteiger partial charge is 0.496 e. The minimum atomic E-state index is -0.526. The van der Waals surface area contributed by atoms with Gasteiger partial charge in [-0.15, -0.1) is 0 Å². The Balaban J connectivity index is 1.74. The molecule has 2 rings (SSSR count). The highest BCUT2D eigenvalue weighted by atomic mass is 35.5. The molecule has 0 unspecified atom stereocenters. The summed E-state index contributed by atoms with van der Waals surface area (Å²) in [4.78, 5) is 35.5. The third-order valence-corrected chi connectivity index (χ3v) is 4.21. The molecule has 9 heteroatoms. The minimum Gasteiger partial charge on any atom is -0.496 e. The fourth-order valence-corrected chi connectivity index (χ4v) is 2.69. The van der Waals surface area contributed by atoms with Crippen molar-refractivity contribution in [2.45, 2.75) is 12.8 Å². The number of nitrogens with one attached hydrogen (secondary N) is 3. The molecule has 2 aromatic carbocycles. The summed E-state index contributed by atoms with van der Waals surface area (Å²) < 4.78 is 5.18. The van der Waals surface area contributed by atoms with Gasteiger partial charge in [-0.3, -0.25) is 25.2 Å². The van der Waals surface area contributed by atoms with Crippen LogP contribution in [0.5, 0.6) is 5.75 Å². The molecule has 3 amide bonds. The monoisotopic (exact) mass is 435 g/mol. The predicted molar refractivity (Wildman–Crippen MR) is 113 cm³/mol. The normalized spacial score (nSPS) is 10.4. The molecule has 152 valence electrons. The van der Waals surface area contributed by atoms with Crippen molar-refractivity contribution in [3.8, 4) is 5.75 Å². The lowest BCUT2D eigenvalue weighted by Gasteiger charge is -2.08. The minimum absolute atomic E-state index is 0.0856. The number of carbonyl (C=O) groups is 3. The standard InChI is InChI=1S/C20H19Cl2N3O4/c1-29-17-5-3-2-4-13(17)6-9-19(27)24-25-20(28)11-10-18(26)23-16-8-7-14(21)12-15(16)22/h2-9,12H,10-11H2,1H3,(H,23,26)(H,24,27)(H,25,28)/b9-6+. The Hall–Kier alpha value is -3.03. The first-order valence-electron chi connectivity index (χ1n) is 8.54. The highest BCUT2D eigenvalue weighted by Gasteiger charge is 2.10. The molecule has 0 fully saturated rings. The third kappa shape index (κ3) is 7.48. The zero-order chi connectivity index (χ0) is 21.2. The molecule has 0 saturated carbocycles. The Labute approximate surface area is 178 Å². The first-order valence-corrected chi connectivity index (χ1v) is 9.29. The molecule has 0 radical (unpaired) electrons. The van der Waals surface area contributed by atoms with Gasteiger partial charge in [0.15, 0.2) is 0 Å². The second-order valence-corrected chi connectivity index (χ2v) is 6.63. The quantitative estimate of drug-likeness (QED) is 0.457. The van der Waals surface area contributed by atoms with Gasteiger partial charge in [-0.1, -0.05) is 41.4 Å². The van der Waals surface area contributed by atoms with E-state index in [2.05, 4.69) is 16.2 Å². The van der Waals surface area contributed by atoms with Gasteiger partial charge in [0.05, 0.1) is 17.8 Å². The molecule has 0 spiro atoms. The number of halogens is 2. The van der Waals surface area contributed by atoms with Crippen molar-refractivity contribution in [3.63, 3.8) is 0 Å². The van der Waals surface area contributed by atoms with E-state index in [-0.39, 0.29) is 12.8 Å². The number of anilines is 1. The molecule has 0 atom stereocenters. The summed E-state index contributed by atoms with van der Waals surface area (Å²) in [6.07, 6.45) is 2.61. The van der Waals surface area contributed by atoms with Gasteiger partial charge in [0, 0.05) is 29.5 Å². The number of amides is 3. The maximum absolute atomic E-state index is 11.9. The van der Waals surface area contributed by atoms with Crippen LogP contribution in [0.4, 0.5) is 5.69 Å². The predicted octanol–water partition coefficient (Wildman–Crippen LogP) is 3.58. The summed E-state index contributed by atoms with van der Waals surface area (Å²) in [5, 5.41) is 3.33. The van der Waals surface area contributed by atoms with Gasteiger partial charge in [-0.2, -0.15) is 0 Å². The van der Waals surface area contributed by atoms with Crippen molar-refractivity contribution < 1.29 is 19.1 Å². The summed E-state index contributed by atoms with van der Waals surface area (Å²) in [6.45, 7) is 0. The van der Waals surface area contributed by atoms with E-state index in [1.807, 2.05) is 12.1 Å². The number of hydrogen-bond donors (Lipinski definition) is 3. The van der Waals surface area contributed by atoms with Crippen LogP contribution in [0.3, 0.4) is 0 Å². The van der Waals surface area contributed by atoms with Gasteiger partial charge in [0.25, 0.3) is 5.91 Å². The fraction of sp³-hybridized carbons (Fsp3) is 0.150. The number of para-hydroxylation sites is 1. The van der Waals surface area contributed by atoms with Crippen LogP contribution in [0, 0.1) is 0 Å². The SMILES string of the molecule is COc1ccccc1/C=C/C(=O)NNC(=O)CCC(=O)Nc1ccc(Cl)cc1Cl. The smallest absolute Gasteiger partial charge is 0.262 e. The third-order valence-electron chi connectivity index (χ3n) is 3.66. The van der Waals surface area contributed by atoms with Crippen LogP contribution < -0.4 is 20.9 Å². The number of benzene rings is 2. The van der Waals surface area contributed by atoms with Crippen molar-refractivity contribution in [2.75, 3.05) is 12.4 Å². The maximum atomic E-state index is 11.9. The number of hydrazine groups is 1. The van der Waals surface area contributed by atoms with Crippen molar-refractivity contribution in [3.05, 3.63) is 64.1 Å². The summed E-state index contributed by atoms with van der Waals surface area (Å²) in [7, 11) is 1.53. The number of hydrogen-bond acceptors (Lipinski definition) is 4. The summed E-state index contributed by atoms with van der Waals surface area (Å²) in [5.41, 5.74) is 5.60. The lowest BCUT2D eigenvalue weighted by molar-refractivity contribution is -0.128. The van der Waals surface area contributed by atoms with E-state index in [0.717, 1.165) is 0 Å². The molecule has 0 aliphatic heterocycles. The summed E-state index contributed by atoms with van der Waals surface area (Å²) >= 11 is 11.8. The Bertz CT molecular complexity index is 932. The number of methoxy groups -OCH3 is 1. The highest BCUT2D eigenvalue weighted by Crippen LogP contribution is 2.25.